The molecule has 2 N–H and O–H groups in total. The molecule has 1 aliphatic carbocycles. The highest BCUT2D eigenvalue weighted by Crippen LogP contribution is 2.23. The van der Waals surface area contributed by atoms with Crippen LogP contribution in [0.2, 0.25) is 0 Å². The molecule has 1 fully saturated rings. The molecule has 5 heteroatoms. The van der Waals surface area contributed by atoms with E-state index < -0.39 is 0 Å². The van der Waals surface area contributed by atoms with Gasteiger partial charge in [-0.3, -0.25) is 4.79 Å². The number of amides is 1. The molecule has 1 aliphatic rings. The highest BCUT2D eigenvalue weighted by atomic mass is 35.5. The summed E-state index contributed by atoms with van der Waals surface area (Å²) in [5, 5.41) is 5.98. The summed E-state index contributed by atoms with van der Waals surface area (Å²) >= 11 is 0. The molecule has 0 saturated heterocycles. The number of rotatable bonds is 7. The van der Waals surface area contributed by atoms with Crippen molar-refractivity contribution in [1.82, 2.24) is 10.6 Å². The first kappa shape index (κ1) is 15.7. The van der Waals surface area contributed by atoms with E-state index in [9.17, 15) is 4.79 Å². The molecule has 0 aromatic rings. The molecule has 1 saturated carbocycles. The van der Waals surface area contributed by atoms with E-state index in [-0.39, 0.29) is 18.3 Å². The van der Waals surface area contributed by atoms with Gasteiger partial charge in [0.25, 0.3) is 0 Å². The van der Waals surface area contributed by atoms with Crippen LogP contribution in [0.4, 0.5) is 0 Å². The summed E-state index contributed by atoms with van der Waals surface area (Å²) in [6, 6.07) is 0. The zero-order chi connectivity index (χ0) is 10.9. The Morgan fingerprint density at radius 2 is 2.06 bits per heavy atom. The zero-order valence-electron chi connectivity index (χ0n) is 9.96. The maximum Gasteiger partial charge on any atom is 0.233 e. The van der Waals surface area contributed by atoms with Gasteiger partial charge < -0.3 is 15.4 Å². The third-order valence-corrected chi connectivity index (χ3v) is 2.83. The van der Waals surface area contributed by atoms with Crippen LogP contribution in [-0.2, 0) is 9.53 Å². The molecule has 1 rings (SSSR count). The average molecular weight is 251 g/mol. The second-order valence-corrected chi connectivity index (χ2v) is 4.12. The van der Waals surface area contributed by atoms with Crippen LogP contribution in [-0.4, -0.2) is 39.3 Å². The van der Waals surface area contributed by atoms with Gasteiger partial charge >= 0.3 is 0 Å². The summed E-state index contributed by atoms with van der Waals surface area (Å²) in [5.41, 5.74) is 0. The zero-order valence-corrected chi connectivity index (χ0v) is 10.8. The number of halogens is 1. The van der Waals surface area contributed by atoms with Crippen LogP contribution in [0.15, 0.2) is 0 Å². The lowest BCUT2D eigenvalue weighted by molar-refractivity contribution is -0.120. The first-order valence-electron chi connectivity index (χ1n) is 5.79. The van der Waals surface area contributed by atoms with E-state index in [1.54, 1.807) is 7.11 Å². The lowest BCUT2D eigenvalue weighted by Crippen LogP contribution is -2.37. The van der Waals surface area contributed by atoms with Gasteiger partial charge in [0.1, 0.15) is 0 Å². The van der Waals surface area contributed by atoms with E-state index in [4.69, 9.17) is 4.74 Å². The maximum atomic E-state index is 11.3. The molecule has 0 heterocycles. The fraction of sp³-hybridized carbons (Fsp3) is 0.909. The van der Waals surface area contributed by atoms with Crippen LogP contribution in [0.25, 0.3) is 0 Å². The summed E-state index contributed by atoms with van der Waals surface area (Å²) in [4.78, 5) is 11.3. The quantitative estimate of drug-likeness (QED) is 0.662. The van der Waals surface area contributed by atoms with E-state index in [2.05, 4.69) is 10.6 Å². The topological polar surface area (TPSA) is 50.4 Å². The predicted octanol–water partition coefficient (Wildman–Crippen LogP) is 0.951. The Morgan fingerprint density at radius 1 is 1.38 bits per heavy atom. The van der Waals surface area contributed by atoms with Gasteiger partial charge in [-0.15, -0.1) is 12.4 Å². The van der Waals surface area contributed by atoms with Gasteiger partial charge in [0, 0.05) is 20.2 Å². The van der Waals surface area contributed by atoms with Crippen LogP contribution in [0.1, 0.15) is 25.7 Å². The van der Waals surface area contributed by atoms with Crippen molar-refractivity contribution in [3.63, 3.8) is 0 Å². The Hall–Kier alpha value is -0.320. The van der Waals surface area contributed by atoms with Gasteiger partial charge in [-0.25, -0.2) is 0 Å². The Balaban J connectivity index is 0.00000225. The molecule has 0 aromatic heterocycles. The molecule has 4 nitrogen and oxygen atoms in total. The fourth-order valence-electron chi connectivity index (χ4n) is 1.91. The highest BCUT2D eigenvalue weighted by molar-refractivity contribution is 5.85. The second kappa shape index (κ2) is 9.87. The molecular weight excluding hydrogens is 228 g/mol. The minimum Gasteiger partial charge on any atom is -0.383 e. The van der Waals surface area contributed by atoms with E-state index in [0.29, 0.717) is 19.1 Å². The second-order valence-electron chi connectivity index (χ2n) is 4.12. The molecule has 0 radical (unpaired) electrons. The molecule has 0 atom stereocenters. The molecule has 0 spiro atoms. The highest BCUT2D eigenvalue weighted by Gasteiger charge is 2.15. The van der Waals surface area contributed by atoms with Crippen molar-refractivity contribution >= 4 is 18.3 Å². The van der Waals surface area contributed by atoms with E-state index in [1.807, 2.05) is 0 Å². The van der Waals surface area contributed by atoms with Gasteiger partial charge in [-0.1, -0.05) is 12.8 Å². The maximum absolute atomic E-state index is 11.3. The van der Waals surface area contributed by atoms with Crippen LogP contribution in [0, 0.1) is 5.92 Å². The molecule has 0 bridgehead atoms. The van der Waals surface area contributed by atoms with Gasteiger partial charge in [0.15, 0.2) is 0 Å². The fourth-order valence-corrected chi connectivity index (χ4v) is 1.91. The molecule has 1 amide bonds. The number of ether oxygens (including phenoxy) is 1. The van der Waals surface area contributed by atoms with E-state index in [0.717, 1.165) is 13.1 Å². The molecule has 96 valence electrons. The molecule has 16 heavy (non-hydrogen) atoms. The summed E-state index contributed by atoms with van der Waals surface area (Å²) in [5.74, 6) is 0.811. The third kappa shape index (κ3) is 7.04. The van der Waals surface area contributed by atoms with Gasteiger partial charge in [-0.2, -0.15) is 0 Å². The molecule has 0 unspecified atom stereocenters. The first-order chi connectivity index (χ1) is 7.33. The minimum atomic E-state index is 0. The van der Waals surface area contributed by atoms with Gasteiger partial charge in [-0.05, 0) is 18.8 Å². The summed E-state index contributed by atoms with van der Waals surface area (Å²) < 4.78 is 4.87. The summed E-state index contributed by atoms with van der Waals surface area (Å²) in [6.07, 6.45) is 5.20. The summed E-state index contributed by atoms with van der Waals surface area (Å²) in [7, 11) is 1.65. The van der Waals surface area contributed by atoms with Gasteiger partial charge in [0.2, 0.25) is 5.91 Å². The Bertz CT molecular complexity index is 185. The first-order valence-corrected chi connectivity index (χ1v) is 5.79. The molecule has 0 aromatic carbocycles. The Morgan fingerprint density at radius 3 is 2.69 bits per heavy atom. The predicted molar refractivity (Wildman–Crippen MR) is 67.0 cm³/mol. The Kier molecular flexibility index (Phi) is 9.68. The number of nitrogens with one attached hydrogen (secondary N) is 2. The lowest BCUT2D eigenvalue weighted by atomic mass is 10.1. The normalized spacial score (nSPS) is 15.8. The van der Waals surface area contributed by atoms with Crippen LogP contribution in [0.5, 0.6) is 0 Å². The van der Waals surface area contributed by atoms with Gasteiger partial charge in [0.05, 0.1) is 13.2 Å². The SMILES string of the molecule is COCCNCC(=O)NCC1CCCC1.Cl. The Labute approximate surface area is 104 Å². The van der Waals surface area contributed by atoms with Crippen molar-refractivity contribution in [2.45, 2.75) is 25.7 Å². The molecule has 0 aliphatic heterocycles. The van der Waals surface area contributed by atoms with E-state index >= 15 is 0 Å². The van der Waals surface area contributed by atoms with Crippen molar-refractivity contribution in [1.29, 1.82) is 0 Å². The van der Waals surface area contributed by atoms with Crippen molar-refractivity contribution in [2.24, 2.45) is 5.92 Å². The number of carbonyl (C=O) groups excluding carboxylic acids is 1. The largest absolute Gasteiger partial charge is 0.383 e. The standard InChI is InChI=1S/C11H22N2O2.ClH/c1-15-7-6-12-9-11(14)13-8-10-4-2-3-5-10;/h10,12H,2-9H2,1H3,(H,13,14);1H. The van der Waals surface area contributed by atoms with Crippen LogP contribution < -0.4 is 10.6 Å². The number of methoxy groups -OCH3 is 1. The van der Waals surface area contributed by atoms with Crippen LogP contribution >= 0.6 is 12.4 Å². The number of hydrogen-bond acceptors (Lipinski definition) is 3. The van der Waals surface area contributed by atoms with Crippen molar-refractivity contribution in [3.8, 4) is 0 Å². The van der Waals surface area contributed by atoms with Crippen molar-refractivity contribution < 1.29 is 9.53 Å². The smallest absolute Gasteiger partial charge is 0.233 e. The van der Waals surface area contributed by atoms with Crippen molar-refractivity contribution in [2.75, 3.05) is 33.4 Å². The van der Waals surface area contributed by atoms with Crippen LogP contribution in [0.3, 0.4) is 0 Å². The van der Waals surface area contributed by atoms with E-state index in [1.165, 1.54) is 25.7 Å². The minimum absolute atomic E-state index is 0. The average Bonchev–Trinajstić information content (AvgIpc) is 2.74. The summed E-state index contributed by atoms with van der Waals surface area (Å²) in [6.45, 7) is 2.63. The lowest BCUT2D eigenvalue weighted by Gasteiger charge is -2.10. The number of carbonyl (C=O) groups is 1. The van der Waals surface area contributed by atoms with Crippen molar-refractivity contribution in [3.05, 3.63) is 0 Å². The third-order valence-electron chi connectivity index (χ3n) is 2.83. The number of hydrogen-bond donors (Lipinski definition) is 2. The monoisotopic (exact) mass is 250 g/mol. The molecular formula is C11H23ClN2O2.